The lowest BCUT2D eigenvalue weighted by Gasteiger charge is -2.13. The van der Waals surface area contributed by atoms with E-state index in [1.165, 1.54) is 11.1 Å². The molecule has 0 bridgehead atoms. The highest BCUT2D eigenvalue weighted by Gasteiger charge is 2.11. The third-order valence-corrected chi connectivity index (χ3v) is 5.10. The number of hydrogen-bond acceptors (Lipinski definition) is 6. The highest BCUT2D eigenvalue weighted by molar-refractivity contribution is 7.08. The van der Waals surface area contributed by atoms with E-state index in [4.69, 9.17) is 10.00 Å². The molecule has 0 aliphatic heterocycles. The van der Waals surface area contributed by atoms with Crippen LogP contribution in [0.3, 0.4) is 0 Å². The number of nitriles is 1. The van der Waals surface area contributed by atoms with Gasteiger partial charge in [-0.1, -0.05) is 0 Å². The molecule has 142 valence electrons. The number of aromatic nitrogens is 2. The number of anilines is 2. The Morgan fingerprint density at radius 2 is 1.76 bits per heavy atom. The summed E-state index contributed by atoms with van der Waals surface area (Å²) in [6.45, 7) is 4.07. The topological polar surface area (TPSA) is 70.8 Å². The number of nitrogens with one attached hydrogen (secondary N) is 1. The van der Waals surface area contributed by atoms with Gasteiger partial charge in [-0.25, -0.2) is 4.98 Å². The van der Waals surface area contributed by atoms with Crippen LogP contribution in [0.25, 0.3) is 11.1 Å². The smallest absolute Gasteiger partial charge is 0.230 e. The molecule has 0 saturated heterocycles. The van der Waals surface area contributed by atoms with E-state index in [1.54, 1.807) is 35.7 Å². The molecule has 2 aromatic heterocycles. The molecule has 0 radical (unpaired) electrons. The summed E-state index contributed by atoms with van der Waals surface area (Å²) in [6.07, 6.45) is 1.65. The van der Waals surface area contributed by atoms with Crippen LogP contribution in [0.2, 0.25) is 0 Å². The highest BCUT2D eigenvalue weighted by atomic mass is 32.1. The summed E-state index contributed by atoms with van der Waals surface area (Å²) in [4.78, 5) is 8.70. The molecule has 6 heteroatoms. The molecular weight excluding hydrogens is 380 g/mol. The Hall–Kier alpha value is -3.69. The molecule has 0 saturated carbocycles. The van der Waals surface area contributed by atoms with E-state index >= 15 is 0 Å². The Morgan fingerprint density at radius 3 is 2.41 bits per heavy atom. The Morgan fingerprint density at radius 1 is 1.00 bits per heavy atom. The molecule has 4 aromatic rings. The first-order valence-corrected chi connectivity index (χ1v) is 9.98. The Balaban J connectivity index is 1.55. The van der Waals surface area contributed by atoms with Crippen LogP contribution in [0.1, 0.15) is 16.7 Å². The van der Waals surface area contributed by atoms with Crippen molar-refractivity contribution in [2.24, 2.45) is 0 Å². The molecule has 4 rings (SSSR count). The SMILES string of the molecule is Cc1cc(-c2ccsc2)cc(C)c1Oc1ccnc(Nc2ccc(C#N)cc2)n1. The van der Waals surface area contributed by atoms with E-state index in [9.17, 15) is 0 Å². The number of rotatable bonds is 5. The third-order valence-electron chi connectivity index (χ3n) is 4.42. The van der Waals surface area contributed by atoms with E-state index in [0.29, 0.717) is 17.4 Å². The summed E-state index contributed by atoms with van der Waals surface area (Å²) in [5.41, 5.74) is 5.89. The van der Waals surface area contributed by atoms with Crippen LogP contribution in [0, 0.1) is 25.2 Å². The lowest BCUT2D eigenvalue weighted by atomic mass is 10.0. The minimum absolute atomic E-state index is 0.428. The van der Waals surface area contributed by atoms with Crippen LogP contribution in [0.5, 0.6) is 11.6 Å². The van der Waals surface area contributed by atoms with Crippen molar-refractivity contribution >= 4 is 23.0 Å². The summed E-state index contributed by atoms with van der Waals surface area (Å²) in [7, 11) is 0. The molecule has 0 unspecified atom stereocenters. The monoisotopic (exact) mass is 398 g/mol. The van der Waals surface area contributed by atoms with Crippen LogP contribution in [0.4, 0.5) is 11.6 Å². The quantitative estimate of drug-likeness (QED) is 0.431. The largest absolute Gasteiger partial charge is 0.438 e. The molecule has 0 fully saturated rings. The normalized spacial score (nSPS) is 10.4. The van der Waals surface area contributed by atoms with Gasteiger partial charge in [-0.15, -0.1) is 0 Å². The Labute approximate surface area is 173 Å². The zero-order valence-electron chi connectivity index (χ0n) is 16.0. The first-order chi connectivity index (χ1) is 14.1. The zero-order chi connectivity index (χ0) is 20.2. The lowest BCUT2D eigenvalue weighted by Crippen LogP contribution is -1.99. The molecule has 0 aliphatic rings. The zero-order valence-corrected chi connectivity index (χ0v) is 16.8. The van der Waals surface area contributed by atoms with Gasteiger partial charge in [0, 0.05) is 18.0 Å². The van der Waals surface area contributed by atoms with Crippen molar-refractivity contribution in [3.05, 3.63) is 82.2 Å². The molecule has 0 amide bonds. The second-order valence-electron chi connectivity index (χ2n) is 6.59. The van der Waals surface area contributed by atoms with Crippen molar-refractivity contribution in [3.63, 3.8) is 0 Å². The maximum Gasteiger partial charge on any atom is 0.230 e. The Kier molecular flexibility index (Phi) is 5.23. The van der Waals surface area contributed by atoms with E-state index in [0.717, 1.165) is 22.6 Å². The highest BCUT2D eigenvalue weighted by Crippen LogP contribution is 2.33. The summed E-state index contributed by atoms with van der Waals surface area (Å²) in [5, 5.41) is 16.2. The molecule has 2 heterocycles. The number of hydrogen-bond donors (Lipinski definition) is 1. The van der Waals surface area contributed by atoms with Crippen molar-refractivity contribution in [3.8, 4) is 28.8 Å². The molecule has 5 nitrogen and oxygen atoms in total. The van der Waals surface area contributed by atoms with E-state index in [2.05, 4.69) is 50.3 Å². The number of aryl methyl sites for hydroxylation is 2. The predicted molar refractivity (Wildman–Crippen MR) is 116 cm³/mol. The lowest BCUT2D eigenvalue weighted by molar-refractivity contribution is 0.455. The maximum atomic E-state index is 8.90. The number of ether oxygens (including phenoxy) is 1. The average molecular weight is 398 g/mol. The molecule has 29 heavy (non-hydrogen) atoms. The summed E-state index contributed by atoms with van der Waals surface area (Å²) in [5.74, 6) is 1.69. The van der Waals surface area contributed by atoms with Gasteiger partial charge >= 0.3 is 0 Å². The fourth-order valence-electron chi connectivity index (χ4n) is 3.03. The average Bonchev–Trinajstić information content (AvgIpc) is 3.26. The van der Waals surface area contributed by atoms with E-state index in [-0.39, 0.29) is 0 Å². The minimum Gasteiger partial charge on any atom is -0.438 e. The standard InChI is InChI=1S/C23H18N4OS/c1-15-11-19(18-8-10-29-14-18)12-16(2)22(15)28-21-7-9-25-23(27-21)26-20-5-3-17(13-24)4-6-20/h3-12,14H,1-2H3,(H,25,26,27). The predicted octanol–water partition coefficient (Wildman–Crippen LogP) is 6.23. The first kappa shape index (κ1) is 18.7. The molecule has 1 N–H and O–H groups in total. The van der Waals surface area contributed by atoms with Crippen molar-refractivity contribution in [1.82, 2.24) is 9.97 Å². The van der Waals surface area contributed by atoms with Gasteiger partial charge < -0.3 is 10.1 Å². The van der Waals surface area contributed by atoms with Crippen LogP contribution in [-0.2, 0) is 0 Å². The summed E-state index contributed by atoms with van der Waals surface area (Å²) in [6, 6.07) is 17.3. The minimum atomic E-state index is 0.428. The summed E-state index contributed by atoms with van der Waals surface area (Å²) >= 11 is 1.69. The first-order valence-electron chi connectivity index (χ1n) is 9.04. The molecular formula is C23H18N4OS. The maximum absolute atomic E-state index is 8.90. The van der Waals surface area contributed by atoms with Gasteiger partial charge in [-0.2, -0.15) is 21.6 Å². The van der Waals surface area contributed by atoms with Gasteiger partial charge in [0.15, 0.2) is 0 Å². The van der Waals surface area contributed by atoms with Crippen LogP contribution in [-0.4, -0.2) is 9.97 Å². The number of benzene rings is 2. The van der Waals surface area contributed by atoms with Gasteiger partial charge in [0.25, 0.3) is 0 Å². The second kappa shape index (κ2) is 8.13. The Bertz CT molecular complexity index is 1160. The number of nitrogens with zero attached hydrogens (tertiary/aromatic N) is 3. The third kappa shape index (κ3) is 4.26. The molecule has 2 aromatic carbocycles. The van der Waals surface area contributed by atoms with Crippen LogP contribution in [0.15, 0.2) is 65.5 Å². The van der Waals surface area contributed by atoms with Crippen molar-refractivity contribution in [2.75, 3.05) is 5.32 Å². The van der Waals surface area contributed by atoms with Gasteiger partial charge in [-0.05, 0) is 89.3 Å². The van der Waals surface area contributed by atoms with Crippen molar-refractivity contribution < 1.29 is 4.74 Å². The van der Waals surface area contributed by atoms with Gasteiger partial charge in [0.1, 0.15) is 5.75 Å². The molecule has 0 spiro atoms. The molecule has 0 aliphatic carbocycles. The van der Waals surface area contributed by atoms with Gasteiger partial charge in [-0.3, -0.25) is 0 Å². The fourth-order valence-corrected chi connectivity index (χ4v) is 3.69. The second-order valence-corrected chi connectivity index (χ2v) is 7.37. The van der Waals surface area contributed by atoms with Crippen molar-refractivity contribution in [1.29, 1.82) is 5.26 Å². The van der Waals surface area contributed by atoms with Crippen LogP contribution >= 0.6 is 11.3 Å². The summed E-state index contributed by atoms with van der Waals surface area (Å²) < 4.78 is 6.10. The van der Waals surface area contributed by atoms with Crippen molar-refractivity contribution in [2.45, 2.75) is 13.8 Å². The van der Waals surface area contributed by atoms with Gasteiger partial charge in [0.2, 0.25) is 11.8 Å². The van der Waals surface area contributed by atoms with E-state index in [1.807, 2.05) is 26.0 Å². The van der Waals surface area contributed by atoms with Gasteiger partial charge in [0.05, 0.1) is 11.6 Å². The molecule has 0 atom stereocenters. The number of thiophene rings is 1. The van der Waals surface area contributed by atoms with Crippen LogP contribution < -0.4 is 10.1 Å². The fraction of sp³-hybridized carbons (Fsp3) is 0.0870. The van der Waals surface area contributed by atoms with E-state index < -0.39 is 0 Å².